The standard InChI is InChI=1S/C24H25F2N3O8S/c1-34-19-7-13(3-4-16(19)25)8-29-23(22(27)30)28-18-6-5-17(26)21(20(18)24(29)31)37-10-14-9-36-15(11-35-14)12-38(2,32)33/h3-7,14-15H,8-12H2,1-2H3,(H2,27,30). The molecule has 0 spiro atoms. The second-order valence-electron chi connectivity index (χ2n) is 8.74. The third kappa shape index (κ3) is 6.09. The fourth-order valence-corrected chi connectivity index (χ4v) is 4.87. The summed E-state index contributed by atoms with van der Waals surface area (Å²) in [4.78, 5) is 29.8. The molecule has 1 saturated heterocycles. The van der Waals surface area contributed by atoms with Gasteiger partial charge in [0.1, 0.15) is 27.9 Å². The largest absolute Gasteiger partial charge is 0.494 e. The third-order valence-corrected chi connectivity index (χ3v) is 6.72. The summed E-state index contributed by atoms with van der Waals surface area (Å²) in [5, 5.41) is -0.240. The minimum atomic E-state index is -3.26. The monoisotopic (exact) mass is 553 g/mol. The Morgan fingerprint density at radius 2 is 1.84 bits per heavy atom. The lowest BCUT2D eigenvalue weighted by Gasteiger charge is -2.29. The number of methoxy groups -OCH3 is 1. The summed E-state index contributed by atoms with van der Waals surface area (Å²) in [6.07, 6.45) is -0.206. The van der Waals surface area contributed by atoms with Gasteiger partial charge in [0.05, 0.1) is 44.2 Å². The van der Waals surface area contributed by atoms with Gasteiger partial charge in [-0.05, 0) is 29.8 Å². The van der Waals surface area contributed by atoms with E-state index in [1.807, 2.05) is 0 Å². The Balaban J connectivity index is 1.65. The van der Waals surface area contributed by atoms with Crippen LogP contribution in [0.25, 0.3) is 10.9 Å². The van der Waals surface area contributed by atoms with Crippen molar-refractivity contribution in [1.82, 2.24) is 9.55 Å². The van der Waals surface area contributed by atoms with Gasteiger partial charge in [0.15, 0.2) is 23.1 Å². The number of nitrogens with zero attached hydrogens (tertiary/aromatic N) is 2. The van der Waals surface area contributed by atoms with Crippen LogP contribution in [0.1, 0.15) is 16.2 Å². The molecular weight excluding hydrogens is 528 g/mol. The average Bonchev–Trinajstić information content (AvgIpc) is 2.86. The zero-order chi connectivity index (χ0) is 27.6. The molecule has 204 valence electrons. The van der Waals surface area contributed by atoms with E-state index in [2.05, 4.69) is 4.98 Å². The first-order chi connectivity index (χ1) is 18.0. The predicted molar refractivity (Wildman–Crippen MR) is 131 cm³/mol. The molecular formula is C24H25F2N3O8S. The molecule has 0 radical (unpaired) electrons. The van der Waals surface area contributed by atoms with Crippen molar-refractivity contribution in [1.29, 1.82) is 0 Å². The number of aromatic nitrogens is 2. The average molecular weight is 554 g/mol. The smallest absolute Gasteiger partial charge is 0.284 e. The Bertz CT molecular complexity index is 1540. The van der Waals surface area contributed by atoms with Crippen molar-refractivity contribution in [3.63, 3.8) is 0 Å². The zero-order valence-corrected chi connectivity index (χ0v) is 21.3. The maximum Gasteiger partial charge on any atom is 0.284 e. The molecule has 1 amide bonds. The SMILES string of the molecule is COc1cc(Cn2c(C(N)=O)nc3ccc(F)c(OCC4COC(CS(C)(=O)=O)CO4)c3c2=O)ccc1F. The number of fused-ring (bicyclic) bond motifs is 1. The number of primary amides is 1. The van der Waals surface area contributed by atoms with Gasteiger partial charge >= 0.3 is 0 Å². The first kappa shape index (κ1) is 27.4. The number of carbonyl (C=O) groups is 1. The lowest BCUT2D eigenvalue weighted by molar-refractivity contribution is -0.134. The van der Waals surface area contributed by atoms with Gasteiger partial charge in [-0.25, -0.2) is 22.2 Å². The molecule has 38 heavy (non-hydrogen) atoms. The van der Waals surface area contributed by atoms with Crippen LogP contribution in [0.15, 0.2) is 35.1 Å². The Morgan fingerprint density at radius 1 is 1.16 bits per heavy atom. The van der Waals surface area contributed by atoms with E-state index in [4.69, 9.17) is 24.7 Å². The van der Waals surface area contributed by atoms with Crippen molar-refractivity contribution in [3.05, 3.63) is 63.7 Å². The molecule has 2 aromatic carbocycles. The van der Waals surface area contributed by atoms with Crippen molar-refractivity contribution in [3.8, 4) is 11.5 Å². The van der Waals surface area contributed by atoms with Crippen molar-refractivity contribution in [2.24, 2.45) is 5.73 Å². The zero-order valence-electron chi connectivity index (χ0n) is 20.5. The summed E-state index contributed by atoms with van der Waals surface area (Å²) in [5.41, 5.74) is 5.02. The first-order valence-electron chi connectivity index (χ1n) is 11.4. The maximum absolute atomic E-state index is 14.9. The molecule has 1 fully saturated rings. The third-order valence-electron chi connectivity index (χ3n) is 5.74. The minimum absolute atomic E-state index is 0.00339. The molecule has 11 nitrogen and oxygen atoms in total. The van der Waals surface area contributed by atoms with Gasteiger partial charge in [-0.3, -0.25) is 14.2 Å². The summed E-state index contributed by atoms with van der Waals surface area (Å²) in [6, 6.07) is 6.12. The van der Waals surface area contributed by atoms with Crippen LogP contribution in [-0.4, -0.2) is 75.0 Å². The van der Waals surface area contributed by atoms with E-state index >= 15 is 0 Å². The van der Waals surface area contributed by atoms with Crippen LogP contribution in [0.2, 0.25) is 0 Å². The van der Waals surface area contributed by atoms with Gasteiger partial charge in [-0.15, -0.1) is 0 Å². The number of amides is 1. The molecule has 0 bridgehead atoms. The van der Waals surface area contributed by atoms with Crippen molar-refractivity contribution < 1.29 is 40.9 Å². The summed E-state index contributed by atoms with van der Waals surface area (Å²) in [6.45, 7) is -0.467. The molecule has 2 atom stereocenters. The van der Waals surface area contributed by atoms with E-state index in [0.29, 0.717) is 5.56 Å². The Morgan fingerprint density at radius 3 is 2.47 bits per heavy atom. The molecule has 2 heterocycles. The fourth-order valence-electron chi connectivity index (χ4n) is 4.00. The van der Waals surface area contributed by atoms with Gasteiger partial charge < -0.3 is 24.7 Å². The number of carbonyl (C=O) groups excluding carboxylic acids is 1. The molecule has 2 N–H and O–H groups in total. The Hall–Kier alpha value is -3.62. The van der Waals surface area contributed by atoms with Gasteiger partial charge in [0.25, 0.3) is 11.5 Å². The molecule has 1 aliphatic rings. The maximum atomic E-state index is 14.9. The number of ether oxygens (including phenoxy) is 4. The Kier molecular flexibility index (Phi) is 7.94. The van der Waals surface area contributed by atoms with Crippen molar-refractivity contribution in [2.45, 2.75) is 18.8 Å². The summed E-state index contributed by atoms with van der Waals surface area (Å²) < 4.78 is 74.3. The quantitative estimate of drug-likeness (QED) is 0.410. The van der Waals surface area contributed by atoms with E-state index < -0.39 is 50.9 Å². The number of benzene rings is 2. The highest BCUT2D eigenvalue weighted by molar-refractivity contribution is 7.90. The van der Waals surface area contributed by atoms with Gasteiger partial charge in [0, 0.05) is 6.26 Å². The van der Waals surface area contributed by atoms with Crippen LogP contribution in [0.4, 0.5) is 8.78 Å². The molecule has 0 aliphatic carbocycles. The van der Waals surface area contributed by atoms with Crippen LogP contribution in [0, 0.1) is 11.6 Å². The van der Waals surface area contributed by atoms with Gasteiger partial charge in [-0.2, -0.15) is 0 Å². The second-order valence-corrected chi connectivity index (χ2v) is 10.9. The second kappa shape index (κ2) is 11.0. The number of halogens is 2. The number of nitrogens with two attached hydrogens (primary N) is 1. The van der Waals surface area contributed by atoms with Gasteiger partial charge in [-0.1, -0.05) is 6.07 Å². The molecule has 0 saturated carbocycles. The molecule has 1 aromatic heterocycles. The van der Waals surface area contributed by atoms with E-state index in [9.17, 15) is 26.8 Å². The highest BCUT2D eigenvalue weighted by atomic mass is 32.2. The van der Waals surface area contributed by atoms with E-state index in [1.165, 1.54) is 25.3 Å². The van der Waals surface area contributed by atoms with E-state index in [-0.39, 0.29) is 54.6 Å². The van der Waals surface area contributed by atoms with Crippen LogP contribution >= 0.6 is 0 Å². The van der Waals surface area contributed by atoms with Crippen molar-refractivity contribution in [2.75, 3.05) is 38.9 Å². The lowest BCUT2D eigenvalue weighted by atomic mass is 10.1. The number of sulfone groups is 1. The van der Waals surface area contributed by atoms with Crippen molar-refractivity contribution >= 4 is 26.6 Å². The van der Waals surface area contributed by atoms with E-state index in [1.54, 1.807) is 0 Å². The number of hydrogen-bond acceptors (Lipinski definition) is 9. The molecule has 2 unspecified atom stereocenters. The summed E-state index contributed by atoms with van der Waals surface area (Å²) in [5.74, 6) is -3.55. The van der Waals surface area contributed by atoms with Gasteiger partial charge in [0.2, 0.25) is 5.82 Å². The molecule has 1 aliphatic heterocycles. The highest BCUT2D eigenvalue weighted by Crippen LogP contribution is 2.27. The van der Waals surface area contributed by atoms with Crippen LogP contribution < -0.4 is 20.8 Å². The number of hydrogen-bond donors (Lipinski definition) is 1. The van der Waals surface area contributed by atoms with Crippen LogP contribution in [0.3, 0.4) is 0 Å². The Labute approximate surface area is 216 Å². The molecule has 14 heteroatoms. The minimum Gasteiger partial charge on any atom is -0.494 e. The van der Waals surface area contributed by atoms with Crippen LogP contribution in [-0.2, 0) is 25.9 Å². The molecule has 4 rings (SSSR count). The topological polar surface area (TPSA) is 149 Å². The molecule has 3 aromatic rings. The fraction of sp³-hybridized carbons (Fsp3) is 0.375. The first-order valence-corrected chi connectivity index (χ1v) is 13.4. The normalized spacial score (nSPS) is 17.9. The summed E-state index contributed by atoms with van der Waals surface area (Å²) >= 11 is 0. The van der Waals surface area contributed by atoms with Crippen LogP contribution in [0.5, 0.6) is 11.5 Å². The number of rotatable bonds is 9. The predicted octanol–water partition coefficient (Wildman–Crippen LogP) is 1.04. The lowest BCUT2D eigenvalue weighted by Crippen LogP contribution is -2.41. The summed E-state index contributed by atoms with van der Waals surface area (Å²) in [7, 11) is -1.98. The van der Waals surface area contributed by atoms with E-state index in [0.717, 1.165) is 23.0 Å². The highest BCUT2D eigenvalue weighted by Gasteiger charge is 2.27.